The fourth-order valence-electron chi connectivity index (χ4n) is 3.99. The lowest BCUT2D eigenvalue weighted by Gasteiger charge is -2.10. The summed E-state index contributed by atoms with van der Waals surface area (Å²) in [4.78, 5) is 29.5. The van der Waals surface area contributed by atoms with E-state index in [-0.39, 0.29) is 18.4 Å². The number of carbonyl (C=O) groups excluding carboxylic acids is 2. The summed E-state index contributed by atoms with van der Waals surface area (Å²) in [5.74, 6) is -0.00530. The van der Waals surface area contributed by atoms with Crippen LogP contribution in [0.2, 0.25) is 0 Å². The van der Waals surface area contributed by atoms with Crippen LogP contribution in [-0.2, 0) is 4.79 Å². The highest BCUT2D eigenvalue weighted by atomic mass is 32.1. The molecule has 0 aliphatic carbocycles. The highest BCUT2D eigenvalue weighted by Gasteiger charge is 2.09. The van der Waals surface area contributed by atoms with Crippen LogP contribution >= 0.6 is 11.3 Å². The number of nitrogens with zero attached hydrogens (tertiary/aromatic N) is 2. The zero-order chi connectivity index (χ0) is 29.3. The number of hydrogen-bond acceptors (Lipinski definition) is 7. The summed E-state index contributed by atoms with van der Waals surface area (Å²) in [5, 5.41) is 13.0. The van der Waals surface area contributed by atoms with Gasteiger partial charge < -0.3 is 15.4 Å². The lowest BCUT2D eigenvalue weighted by atomic mass is 10.1. The minimum absolute atomic E-state index is 0.107. The molecule has 0 atom stereocenters. The predicted molar refractivity (Wildman–Crippen MR) is 169 cm³/mol. The zero-order valence-corrected chi connectivity index (χ0v) is 23.9. The van der Waals surface area contributed by atoms with Crippen LogP contribution in [0.3, 0.4) is 0 Å². The molecule has 1 heterocycles. The molecule has 3 N–H and O–H groups in total. The van der Waals surface area contributed by atoms with Crippen LogP contribution in [0.15, 0.2) is 108 Å². The molecule has 9 heteroatoms. The molecular formula is C33H29N5O3S. The number of amides is 2. The molecule has 5 aromatic rings. The molecule has 4 aromatic carbocycles. The summed E-state index contributed by atoms with van der Waals surface area (Å²) in [5.41, 5.74) is 9.35. The van der Waals surface area contributed by atoms with Crippen molar-refractivity contribution in [1.29, 1.82) is 0 Å². The molecule has 0 saturated carbocycles. The van der Waals surface area contributed by atoms with Gasteiger partial charge in [0.15, 0.2) is 11.7 Å². The van der Waals surface area contributed by atoms with Crippen molar-refractivity contribution in [2.75, 3.05) is 17.2 Å². The Labute approximate surface area is 248 Å². The Balaban J connectivity index is 1.08. The number of hydrogen-bond donors (Lipinski definition) is 3. The molecule has 1 aromatic heterocycles. The van der Waals surface area contributed by atoms with E-state index in [1.54, 1.807) is 42.6 Å². The van der Waals surface area contributed by atoms with Gasteiger partial charge in [-0.3, -0.25) is 9.59 Å². The first-order valence-electron chi connectivity index (χ1n) is 13.2. The first-order valence-corrected chi connectivity index (χ1v) is 14.1. The molecule has 0 aliphatic heterocycles. The first kappa shape index (κ1) is 28.3. The number of nitrogens with one attached hydrogen (secondary N) is 3. The van der Waals surface area contributed by atoms with Crippen molar-refractivity contribution in [3.63, 3.8) is 0 Å². The van der Waals surface area contributed by atoms with Gasteiger partial charge in [-0.25, -0.2) is 10.4 Å². The van der Waals surface area contributed by atoms with Gasteiger partial charge in [0.2, 0.25) is 0 Å². The third-order valence-corrected chi connectivity index (χ3v) is 7.03. The topological polar surface area (TPSA) is 105 Å². The van der Waals surface area contributed by atoms with Crippen molar-refractivity contribution in [1.82, 2.24) is 10.4 Å². The average Bonchev–Trinajstić information content (AvgIpc) is 3.47. The van der Waals surface area contributed by atoms with Crippen LogP contribution in [0.5, 0.6) is 5.75 Å². The summed E-state index contributed by atoms with van der Waals surface area (Å²) in [6, 6.07) is 30.0. The molecule has 0 radical (unpaired) electrons. The van der Waals surface area contributed by atoms with Crippen LogP contribution in [0.25, 0.3) is 11.3 Å². The SMILES string of the molecule is Cc1ccc(C)c(NC(=O)COc2ccc(/C=N/NC(=O)c3ccc(-c4csc(Nc5ccccc5)n4)cc3)cc2)c1. The highest BCUT2D eigenvalue weighted by molar-refractivity contribution is 7.14. The maximum atomic E-state index is 12.6. The Morgan fingerprint density at radius 1 is 0.929 bits per heavy atom. The molecule has 42 heavy (non-hydrogen) atoms. The van der Waals surface area contributed by atoms with E-state index in [4.69, 9.17) is 4.74 Å². The Hall–Kier alpha value is -5.28. The van der Waals surface area contributed by atoms with Crippen molar-refractivity contribution in [2.45, 2.75) is 13.8 Å². The molecule has 8 nitrogen and oxygen atoms in total. The minimum Gasteiger partial charge on any atom is -0.484 e. The van der Waals surface area contributed by atoms with Crippen molar-refractivity contribution < 1.29 is 14.3 Å². The summed E-state index contributed by atoms with van der Waals surface area (Å²) >= 11 is 1.52. The number of para-hydroxylation sites is 1. The fraction of sp³-hybridized carbons (Fsp3) is 0.0909. The van der Waals surface area contributed by atoms with Crippen LogP contribution in [0, 0.1) is 13.8 Å². The summed E-state index contributed by atoms with van der Waals surface area (Å²) in [6.45, 7) is 3.81. The smallest absolute Gasteiger partial charge is 0.271 e. The quantitative estimate of drug-likeness (QED) is 0.123. The van der Waals surface area contributed by atoms with Gasteiger partial charge in [-0.2, -0.15) is 5.10 Å². The predicted octanol–water partition coefficient (Wildman–Crippen LogP) is 6.95. The van der Waals surface area contributed by atoms with Gasteiger partial charge in [0, 0.05) is 27.9 Å². The van der Waals surface area contributed by atoms with Crippen molar-refractivity contribution in [2.24, 2.45) is 5.10 Å². The molecule has 0 unspecified atom stereocenters. The maximum Gasteiger partial charge on any atom is 0.271 e. The maximum absolute atomic E-state index is 12.6. The van der Waals surface area contributed by atoms with Gasteiger partial charge >= 0.3 is 0 Å². The van der Waals surface area contributed by atoms with Crippen LogP contribution in [0.1, 0.15) is 27.0 Å². The van der Waals surface area contributed by atoms with E-state index in [2.05, 4.69) is 26.1 Å². The van der Waals surface area contributed by atoms with E-state index in [0.717, 1.165) is 44.5 Å². The van der Waals surface area contributed by atoms with Crippen LogP contribution in [-0.4, -0.2) is 29.6 Å². The number of thiazole rings is 1. The summed E-state index contributed by atoms with van der Waals surface area (Å²) < 4.78 is 5.60. The molecule has 5 rings (SSSR count). The lowest BCUT2D eigenvalue weighted by Crippen LogP contribution is -2.20. The Morgan fingerprint density at radius 2 is 1.69 bits per heavy atom. The number of anilines is 3. The standard InChI is InChI=1S/C33H29N5O3S/c1-22-8-9-23(2)29(18-22)36-31(39)20-41-28-16-10-24(11-17-28)19-34-38-32(40)26-14-12-25(13-15-26)30-21-42-33(37-30)35-27-6-4-3-5-7-27/h3-19,21H,20H2,1-2H3,(H,35,37)(H,36,39)(H,38,40)/b34-19+. The van der Waals surface area contributed by atoms with E-state index in [9.17, 15) is 9.59 Å². The second-order valence-corrected chi connectivity index (χ2v) is 10.4. The van der Waals surface area contributed by atoms with Crippen molar-refractivity contribution in [3.8, 4) is 17.0 Å². The third-order valence-electron chi connectivity index (χ3n) is 6.27. The Bertz CT molecular complexity index is 1700. The van der Waals surface area contributed by atoms with E-state index in [0.29, 0.717) is 11.3 Å². The number of aryl methyl sites for hydroxylation is 2. The largest absolute Gasteiger partial charge is 0.484 e. The van der Waals surface area contributed by atoms with Crippen LogP contribution < -0.4 is 20.8 Å². The van der Waals surface area contributed by atoms with Crippen molar-refractivity contribution in [3.05, 3.63) is 125 Å². The Morgan fingerprint density at radius 3 is 2.45 bits per heavy atom. The summed E-state index contributed by atoms with van der Waals surface area (Å²) in [7, 11) is 0. The zero-order valence-electron chi connectivity index (χ0n) is 23.1. The molecule has 2 amide bonds. The molecule has 0 spiro atoms. The number of hydrazone groups is 1. The second-order valence-electron chi connectivity index (χ2n) is 9.53. The van der Waals surface area contributed by atoms with Gasteiger partial charge in [-0.1, -0.05) is 42.5 Å². The number of rotatable bonds is 10. The molecule has 0 aliphatic rings. The van der Waals surface area contributed by atoms with E-state index in [1.165, 1.54) is 11.3 Å². The van der Waals surface area contributed by atoms with Gasteiger partial charge in [0.05, 0.1) is 11.9 Å². The van der Waals surface area contributed by atoms with E-state index >= 15 is 0 Å². The lowest BCUT2D eigenvalue weighted by molar-refractivity contribution is -0.118. The number of ether oxygens (including phenoxy) is 1. The molecule has 0 saturated heterocycles. The second kappa shape index (κ2) is 13.4. The van der Waals surface area contributed by atoms with Gasteiger partial charge in [-0.05, 0) is 85.1 Å². The fourth-order valence-corrected chi connectivity index (χ4v) is 4.73. The molecule has 0 bridgehead atoms. The number of aromatic nitrogens is 1. The van der Waals surface area contributed by atoms with E-state index < -0.39 is 0 Å². The normalized spacial score (nSPS) is 10.8. The minimum atomic E-state index is -0.322. The number of benzene rings is 4. The Kier molecular flexibility index (Phi) is 9.00. The monoisotopic (exact) mass is 575 g/mol. The summed E-state index contributed by atoms with van der Waals surface area (Å²) in [6.07, 6.45) is 1.54. The molecule has 210 valence electrons. The van der Waals surface area contributed by atoms with Crippen molar-refractivity contribution >= 4 is 45.9 Å². The molecule has 0 fully saturated rings. The first-order chi connectivity index (χ1) is 20.4. The molecular weight excluding hydrogens is 546 g/mol. The van der Waals surface area contributed by atoms with Gasteiger partial charge in [0.25, 0.3) is 11.8 Å². The van der Waals surface area contributed by atoms with Gasteiger partial charge in [0.1, 0.15) is 5.75 Å². The third kappa shape index (κ3) is 7.67. The van der Waals surface area contributed by atoms with E-state index in [1.807, 2.05) is 79.9 Å². The van der Waals surface area contributed by atoms with Crippen LogP contribution in [0.4, 0.5) is 16.5 Å². The van der Waals surface area contributed by atoms with Gasteiger partial charge in [-0.15, -0.1) is 11.3 Å². The highest BCUT2D eigenvalue weighted by Crippen LogP contribution is 2.27. The number of carbonyl (C=O) groups is 2. The average molecular weight is 576 g/mol.